The monoisotopic (exact) mass is 345 g/mol. The molecule has 1 unspecified atom stereocenters. The average molecular weight is 345 g/mol. The van der Waals surface area contributed by atoms with Crippen LogP contribution in [0.2, 0.25) is 0 Å². The van der Waals surface area contributed by atoms with E-state index >= 15 is 0 Å². The highest BCUT2D eigenvalue weighted by Crippen LogP contribution is 2.38. The molecule has 5 rings (SSSR count). The molecule has 0 aliphatic carbocycles. The van der Waals surface area contributed by atoms with Crippen LogP contribution in [0, 0.1) is 0 Å². The maximum absolute atomic E-state index is 12.6. The molecular weight excluding hydrogens is 326 g/mol. The summed E-state index contributed by atoms with van der Waals surface area (Å²) in [4.78, 5) is 18.3. The van der Waals surface area contributed by atoms with Crippen LogP contribution in [0.5, 0.6) is 0 Å². The van der Waals surface area contributed by atoms with Gasteiger partial charge in [0, 0.05) is 39.7 Å². The summed E-state index contributed by atoms with van der Waals surface area (Å²) in [6, 6.07) is 12.0. The molecule has 26 heavy (non-hydrogen) atoms. The van der Waals surface area contributed by atoms with Crippen LogP contribution in [0.1, 0.15) is 33.2 Å². The predicted octanol–water partition coefficient (Wildman–Crippen LogP) is 2.94. The molecule has 1 amide bonds. The molecule has 3 heterocycles. The fourth-order valence-corrected chi connectivity index (χ4v) is 3.95. The van der Waals surface area contributed by atoms with Gasteiger partial charge in [-0.1, -0.05) is 18.2 Å². The number of H-pyrrole nitrogens is 2. The number of carbonyl (C=O) groups excluding carboxylic acids is 1. The fourth-order valence-electron chi connectivity index (χ4n) is 3.95. The third-order valence-corrected chi connectivity index (χ3v) is 5.03. The van der Waals surface area contributed by atoms with Gasteiger partial charge in [0.15, 0.2) is 0 Å². The predicted molar refractivity (Wildman–Crippen MR) is 101 cm³/mol. The van der Waals surface area contributed by atoms with E-state index in [-0.39, 0.29) is 11.9 Å². The minimum Gasteiger partial charge on any atom is -0.357 e. The highest BCUT2D eigenvalue weighted by molar-refractivity contribution is 6.04. The van der Waals surface area contributed by atoms with Crippen molar-refractivity contribution in [1.82, 2.24) is 25.4 Å². The van der Waals surface area contributed by atoms with Gasteiger partial charge in [-0.15, -0.1) is 0 Å². The molecule has 6 nitrogen and oxygen atoms in total. The molecule has 1 atom stereocenters. The second-order valence-electron chi connectivity index (χ2n) is 7.10. The molecule has 6 heteroatoms. The number of fused-ring (bicyclic) bond motifs is 3. The normalized spacial score (nSPS) is 16.6. The van der Waals surface area contributed by atoms with Crippen molar-refractivity contribution in [1.29, 1.82) is 0 Å². The summed E-state index contributed by atoms with van der Waals surface area (Å²) in [6.07, 6.45) is 1.75. The molecule has 1 aliphatic rings. The second-order valence-corrected chi connectivity index (χ2v) is 7.10. The zero-order valence-corrected chi connectivity index (χ0v) is 14.6. The van der Waals surface area contributed by atoms with Gasteiger partial charge in [-0.3, -0.25) is 9.89 Å². The van der Waals surface area contributed by atoms with Crippen molar-refractivity contribution in [3.8, 4) is 0 Å². The number of amides is 1. The summed E-state index contributed by atoms with van der Waals surface area (Å²) in [6.45, 7) is 0.776. The van der Waals surface area contributed by atoms with Gasteiger partial charge in [-0.25, -0.2) is 0 Å². The van der Waals surface area contributed by atoms with Gasteiger partial charge in [-0.05, 0) is 37.9 Å². The summed E-state index contributed by atoms with van der Waals surface area (Å²) in [5, 5.41) is 12.4. The van der Waals surface area contributed by atoms with Crippen molar-refractivity contribution in [2.75, 3.05) is 14.1 Å². The summed E-state index contributed by atoms with van der Waals surface area (Å²) in [7, 11) is 4.09. The number of aromatic nitrogens is 3. The number of para-hydroxylation sites is 1. The van der Waals surface area contributed by atoms with Crippen LogP contribution in [0.3, 0.4) is 0 Å². The Hall–Kier alpha value is -3.12. The Bertz CT molecular complexity index is 1150. The Morgan fingerprint density at radius 1 is 1.15 bits per heavy atom. The standard InChI is InChI=1S/C20H19N5O/c1-25(2)10-17-18(12-5-3-4-6-15(12)22-17)19-13-8-16-11(9-21-24-16)7-14(13)20(26)23-19/h3-9,19,22H,10H2,1-2H3,(H,21,24)(H,23,26). The number of hydrogen-bond acceptors (Lipinski definition) is 3. The second kappa shape index (κ2) is 5.44. The largest absolute Gasteiger partial charge is 0.357 e. The Morgan fingerprint density at radius 2 is 2.00 bits per heavy atom. The van der Waals surface area contributed by atoms with Crippen LogP contribution in [-0.2, 0) is 6.54 Å². The first-order chi connectivity index (χ1) is 12.6. The molecule has 1 aliphatic heterocycles. The maximum Gasteiger partial charge on any atom is 0.252 e. The van der Waals surface area contributed by atoms with Crippen molar-refractivity contribution in [3.63, 3.8) is 0 Å². The smallest absolute Gasteiger partial charge is 0.252 e. The number of rotatable bonds is 3. The lowest BCUT2D eigenvalue weighted by molar-refractivity contribution is 0.0960. The maximum atomic E-state index is 12.6. The third-order valence-electron chi connectivity index (χ3n) is 5.03. The SMILES string of the molecule is CN(C)Cc1[nH]c2ccccc2c1C1NC(=O)c2cc3cn[nH]c3cc21. The van der Waals surface area contributed by atoms with Gasteiger partial charge in [-0.2, -0.15) is 5.10 Å². The Balaban J connectivity index is 1.75. The van der Waals surface area contributed by atoms with E-state index in [1.54, 1.807) is 6.20 Å². The molecule has 0 spiro atoms. The fraction of sp³-hybridized carbons (Fsp3) is 0.200. The highest BCUT2D eigenvalue weighted by atomic mass is 16.2. The summed E-state index contributed by atoms with van der Waals surface area (Å²) < 4.78 is 0. The quantitative estimate of drug-likeness (QED) is 0.534. The average Bonchev–Trinajstić information content (AvgIpc) is 3.28. The molecule has 0 radical (unpaired) electrons. The number of nitrogens with zero attached hydrogens (tertiary/aromatic N) is 2. The summed E-state index contributed by atoms with van der Waals surface area (Å²) in [5.74, 6) is -0.0332. The van der Waals surface area contributed by atoms with E-state index in [1.165, 1.54) is 0 Å². The van der Waals surface area contributed by atoms with Crippen LogP contribution in [0.4, 0.5) is 0 Å². The van der Waals surface area contributed by atoms with Gasteiger partial charge in [0.2, 0.25) is 0 Å². The van der Waals surface area contributed by atoms with Crippen LogP contribution in [-0.4, -0.2) is 40.1 Å². The number of benzene rings is 2. The zero-order chi connectivity index (χ0) is 17.8. The van der Waals surface area contributed by atoms with Crippen LogP contribution in [0.15, 0.2) is 42.6 Å². The number of aromatic amines is 2. The highest BCUT2D eigenvalue weighted by Gasteiger charge is 2.33. The first-order valence-electron chi connectivity index (χ1n) is 8.64. The number of carbonyl (C=O) groups is 1. The Kier molecular flexibility index (Phi) is 3.17. The van der Waals surface area contributed by atoms with Crippen LogP contribution < -0.4 is 5.32 Å². The molecule has 0 fully saturated rings. The molecular formula is C20H19N5O. The first kappa shape index (κ1) is 15.2. The Labute approximate surface area is 150 Å². The minimum atomic E-state index is -0.170. The van der Waals surface area contributed by atoms with Gasteiger partial charge >= 0.3 is 0 Å². The molecule has 2 aromatic heterocycles. The van der Waals surface area contributed by atoms with E-state index in [2.05, 4.69) is 37.5 Å². The molecule has 130 valence electrons. The van der Waals surface area contributed by atoms with Crippen molar-refractivity contribution >= 4 is 27.7 Å². The lowest BCUT2D eigenvalue weighted by Gasteiger charge is -2.16. The zero-order valence-electron chi connectivity index (χ0n) is 14.6. The molecule has 2 aromatic carbocycles. The lowest BCUT2D eigenvalue weighted by Crippen LogP contribution is -2.22. The first-order valence-corrected chi connectivity index (χ1v) is 8.64. The number of nitrogens with one attached hydrogen (secondary N) is 3. The van der Waals surface area contributed by atoms with E-state index < -0.39 is 0 Å². The summed E-state index contributed by atoms with van der Waals surface area (Å²) in [5.41, 5.74) is 6.02. The van der Waals surface area contributed by atoms with Gasteiger partial charge < -0.3 is 15.2 Å². The van der Waals surface area contributed by atoms with Gasteiger partial charge in [0.05, 0.1) is 17.8 Å². The van der Waals surface area contributed by atoms with Crippen LogP contribution >= 0.6 is 0 Å². The lowest BCUT2D eigenvalue weighted by atomic mass is 9.95. The van der Waals surface area contributed by atoms with Crippen molar-refractivity contribution in [3.05, 3.63) is 65.0 Å². The third kappa shape index (κ3) is 2.16. The number of hydrogen-bond donors (Lipinski definition) is 3. The molecule has 4 aromatic rings. The van der Waals surface area contributed by atoms with E-state index in [9.17, 15) is 4.79 Å². The topological polar surface area (TPSA) is 76.8 Å². The van der Waals surface area contributed by atoms with Crippen molar-refractivity contribution in [2.24, 2.45) is 0 Å². The van der Waals surface area contributed by atoms with Crippen molar-refractivity contribution < 1.29 is 4.79 Å². The van der Waals surface area contributed by atoms with Gasteiger partial charge in [0.1, 0.15) is 0 Å². The van der Waals surface area contributed by atoms with E-state index in [0.717, 1.165) is 50.7 Å². The molecule has 0 saturated carbocycles. The minimum absolute atomic E-state index is 0.0332. The van der Waals surface area contributed by atoms with E-state index in [0.29, 0.717) is 0 Å². The molecule has 0 bridgehead atoms. The van der Waals surface area contributed by atoms with Crippen molar-refractivity contribution in [2.45, 2.75) is 12.6 Å². The molecule has 3 N–H and O–H groups in total. The van der Waals surface area contributed by atoms with E-state index in [4.69, 9.17) is 0 Å². The summed E-state index contributed by atoms with van der Waals surface area (Å²) >= 11 is 0. The molecule has 0 saturated heterocycles. The van der Waals surface area contributed by atoms with E-state index in [1.807, 2.05) is 38.4 Å². The van der Waals surface area contributed by atoms with Crippen LogP contribution in [0.25, 0.3) is 21.8 Å². The van der Waals surface area contributed by atoms with Gasteiger partial charge in [0.25, 0.3) is 5.91 Å². The Morgan fingerprint density at radius 3 is 2.85 bits per heavy atom.